The van der Waals surface area contributed by atoms with Crippen LogP contribution in [-0.4, -0.2) is 23.9 Å². The van der Waals surface area contributed by atoms with Crippen molar-refractivity contribution in [2.24, 2.45) is 12.0 Å². The van der Waals surface area contributed by atoms with Crippen LogP contribution in [0, 0.1) is 0 Å². The van der Waals surface area contributed by atoms with Crippen LogP contribution < -0.4 is 19.0 Å². The number of benzene rings is 2. The van der Waals surface area contributed by atoms with Crippen LogP contribution in [-0.2, 0) is 7.05 Å². The van der Waals surface area contributed by atoms with Crippen LogP contribution in [0.4, 0.5) is 0 Å². The number of ether oxygens (including phenoxy) is 3. The van der Waals surface area contributed by atoms with Gasteiger partial charge in [-0.3, -0.25) is 4.79 Å². The van der Waals surface area contributed by atoms with Crippen molar-refractivity contribution in [1.82, 2.24) is 4.57 Å². The van der Waals surface area contributed by atoms with Crippen molar-refractivity contribution in [2.45, 2.75) is 6.92 Å². The first-order valence-electron chi connectivity index (χ1n) is 7.87. The number of hydrogen-bond donors (Lipinski definition) is 0. The third-order valence-corrected chi connectivity index (χ3v) is 5.01. The molecule has 2 aromatic carbocycles. The lowest BCUT2D eigenvalue weighted by Gasteiger charge is -2.02. The Morgan fingerprint density at radius 2 is 1.96 bits per heavy atom. The molecule has 0 spiro atoms. The second kappa shape index (κ2) is 6.25. The predicted octanol–water partition coefficient (Wildman–Crippen LogP) is 3.11. The molecule has 3 aromatic rings. The van der Waals surface area contributed by atoms with Gasteiger partial charge in [-0.05, 0) is 31.2 Å². The molecule has 0 aliphatic carbocycles. The van der Waals surface area contributed by atoms with Gasteiger partial charge in [0.2, 0.25) is 6.79 Å². The van der Waals surface area contributed by atoms with Crippen LogP contribution in [0.15, 0.2) is 41.4 Å². The molecule has 7 heteroatoms. The second-order valence-corrected chi connectivity index (χ2v) is 6.50. The summed E-state index contributed by atoms with van der Waals surface area (Å²) in [4.78, 5) is 17.3. The van der Waals surface area contributed by atoms with E-state index >= 15 is 0 Å². The highest BCUT2D eigenvalue weighted by Gasteiger charge is 2.17. The Balaban J connectivity index is 1.70. The first-order chi connectivity index (χ1) is 12.2. The normalized spacial score (nSPS) is 13.4. The summed E-state index contributed by atoms with van der Waals surface area (Å²) in [5.41, 5.74) is 1.47. The highest BCUT2D eigenvalue weighted by Crippen LogP contribution is 2.36. The minimum atomic E-state index is -0.287. The van der Waals surface area contributed by atoms with Crippen LogP contribution in [0.3, 0.4) is 0 Å². The Hall–Kier alpha value is -2.80. The summed E-state index contributed by atoms with van der Waals surface area (Å²) in [6, 6.07) is 10.8. The molecule has 0 radical (unpaired) electrons. The number of carbonyl (C=O) groups is 1. The Morgan fingerprint density at radius 3 is 2.68 bits per heavy atom. The molecule has 128 valence electrons. The molecule has 0 atom stereocenters. The van der Waals surface area contributed by atoms with E-state index in [1.807, 2.05) is 30.7 Å². The van der Waals surface area contributed by atoms with Gasteiger partial charge in [-0.2, -0.15) is 4.99 Å². The summed E-state index contributed by atoms with van der Waals surface area (Å²) in [6.45, 7) is 2.75. The first-order valence-corrected chi connectivity index (χ1v) is 8.68. The van der Waals surface area contributed by atoms with Crippen molar-refractivity contribution in [3.8, 4) is 17.2 Å². The van der Waals surface area contributed by atoms with Crippen LogP contribution in [0.25, 0.3) is 10.2 Å². The average Bonchev–Trinajstić information content (AvgIpc) is 3.19. The van der Waals surface area contributed by atoms with Crippen LogP contribution >= 0.6 is 11.3 Å². The molecule has 1 amide bonds. The number of nitrogens with zero attached hydrogens (tertiary/aromatic N) is 2. The molecule has 4 rings (SSSR count). The second-order valence-electron chi connectivity index (χ2n) is 5.49. The maximum absolute atomic E-state index is 12.4. The molecule has 0 fully saturated rings. The van der Waals surface area contributed by atoms with Crippen molar-refractivity contribution in [1.29, 1.82) is 0 Å². The molecule has 6 nitrogen and oxygen atoms in total. The molecule has 2 heterocycles. The van der Waals surface area contributed by atoms with Gasteiger partial charge in [-0.15, -0.1) is 0 Å². The zero-order valence-electron chi connectivity index (χ0n) is 13.8. The highest BCUT2D eigenvalue weighted by atomic mass is 32.1. The molecule has 0 N–H and O–H groups in total. The fraction of sp³-hybridized carbons (Fsp3) is 0.222. The van der Waals surface area contributed by atoms with E-state index < -0.39 is 0 Å². The molecule has 0 saturated heterocycles. The molecule has 1 aliphatic heterocycles. The Bertz CT molecular complexity index is 1020. The summed E-state index contributed by atoms with van der Waals surface area (Å²) >= 11 is 1.44. The number of thiazole rings is 1. The van der Waals surface area contributed by atoms with E-state index in [1.54, 1.807) is 24.3 Å². The quantitative estimate of drug-likeness (QED) is 0.723. The minimum Gasteiger partial charge on any atom is -0.494 e. The van der Waals surface area contributed by atoms with Crippen LogP contribution in [0.1, 0.15) is 17.3 Å². The third kappa shape index (κ3) is 2.87. The Morgan fingerprint density at radius 1 is 1.24 bits per heavy atom. The number of amides is 1. The van der Waals surface area contributed by atoms with Gasteiger partial charge in [0.1, 0.15) is 5.75 Å². The van der Waals surface area contributed by atoms with Crippen molar-refractivity contribution in [2.75, 3.05) is 13.4 Å². The fourth-order valence-electron chi connectivity index (χ4n) is 2.64. The van der Waals surface area contributed by atoms with E-state index in [9.17, 15) is 4.79 Å². The van der Waals surface area contributed by atoms with Crippen molar-refractivity contribution < 1.29 is 19.0 Å². The van der Waals surface area contributed by atoms with Crippen molar-refractivity contribution in [3.63, 3.8) is 0 Å². The lowest BCUT2D eigenvalue weighted by atomic mass is 10.2. The van der Waals surface area contributed by atoms with Gasteiger partial charge >= 0.3 is 0 Å². The SMILES string of the molecule is CCOc1ccc(C(=O)N=c2sc3cc4c(cc3n2C)OCO4)cc1. The van der Waals surface area contributed by atoms with Gasteiger partial charge in [0.15, 0.2) is 16.3 Å². The van der Waals surface area contributed by atoms with E-state index in [-0.39, 0.29) is 12.7 Å². The van der Waals surface area contributed by atoms with Gasteiger partial charge in [-0.1, -0.05) is 11.3 Å². The third-order valence-electron chi connectivity index (χ3n) is 3.91. The fourth-order valence-corrected chi connectivity index (χ4v) is 3.66. The molecule has 1 aromatic heterocycles. The maximum atomic E-state index is 12.4. The lowest BCUT2D eigenvalue weighted by Crippen LogP contribution is -2.13. The highest BCUT2D eigenvalue weighted by molar-refractivity contribution is 7.16. The van der Waals surface area contributed by atoms with Gasteiger partial charge in [-0.25, -0.2) is 0 Å². The van der Waals surface area contributed by atoms with Crippen molar-refractivity contribution >= 4 is 27.5 Å². The number of hydrogen-bond acceptors (Lipinski definition) is 5. The molecular formula is C18H16N2O4S. The zero-order chi connectivity index (χ0) is 17.4. The van der Waals surface area contributed by atoms with Crippen LogP contribution in [0.5, 0.6) is 17.2 Å². The van der Waals surface area contributed by atoms with Gasteiger partial charge in [0, 0.05) is 24.7 Å². The largest absolute Gasteiger partial charge is 0.494 e. The molecule has 25 heavy (non-hydrogen) atoms. The summed E-state index contributed by atoms with van der Waals surface area (Å²) < 4.78 is 19.1. The minimum absolute atomic E-state index is 0.240. The number of fused-ring (bicyclic) bond motifs is 2. The summed E-state index contributed by atoms with van der Waals surface area (Å²) in [5.74, 6) is 1.88. The molecule has 0 bridgehead atoms. The van der Waals surface area contributed by atoms with E-state index in [1.165, 1.54) is 11.3 Å². The predicted molar refractivity (Wildman–Crippen MR) is 94.4 cm³/mol. The van der Waals surface area contributed by atoms with Crippen LogP contribution in [0.2, 0.25) is 0 Å². The molecule has 0 unspecified atom stereocenters. The number of aromatic nitrogens is 1. The number of rotatable bonds is 3. The zero-order valence-corrected chi connectivity index (χ0v) is 14.6. The van der Waals surface area contributed by atoms with E-state index in [0.29, 0.717) is 22.7 Å². The van der Waals surface area contributed by atoms with Gasteiger partial charge in [0.05, 0.1) is 16.8 Å². The molecule has 0 saturated carbocycles. The van der Waals surface area contributed by atoms with E-state index in [4.69, 9.17) is 14.2 Å². The number of aryl methyl sites for hydroxylation is 1. The lowest BCUT2D eigenvalue weighted by molar-refractivity contribution is 0.0998. The molecular weight excluding hydrogens is 340 g/mol. The summed E-state index contributed by atoms with van der Waals surface area (Å²) in [5, 5.41) is 0. The average molecular weight is 356 g/mol. The maximum Gasteiger partial charge on any atom is 0.279 e. The van der Waals surface area contributed by atoms with E-state index in [0.717, 1.165) is 21.7 Å². The Labute approximate surface area is 147 Å². The first kappa shape index (κ1) is 15.7. The van der Waals surface area contributed by atoms with E-state index in [2.05, 4.69) is 4.99 Å². The topological polar surface area (TPSA) is 62.0 Å². The van der Waals surface area contributed by atoms with Gasteiger partial charge < -0.3 is 18.8 Å². The number of carbonyl (C=O) groups excluding carboxylic acids is 1. The van der Waals surface area contributed by atoms with Gasteiger partial charge in [0.25, 0.3) is 5.91 Å². The Kier molecular flexibility index (Phi) is 3.93. The smallest absolute Gasteiger partial charge is 0.279 e. The standard InChI is InChI=1S/C18H16N2O4S/c1-3-22-12-6-4-11(5-7-12)17(21)19-18-20(2)13-8-14-15(24-10-23-14)9-16(13)25-18/h4-9H,3,10H2,1-2H3. The summed E-state index contributed by atoms with van der Waals surface area (Å²) in [7, 11) is 1.88. The summed E-state index contributed by atoms with van der Waals surface area (Å²) in [6.07, 6.45) is 0. The molecule has 1 aliphatic rings. The monoisotopic (exact) mass is 356 g/mol. The van der Waals surface area contributed by atoms with Crippen molar-refractivity contribution in [3.05, 3.63) is 46.8 Å².